The molecule has 0 amide bonds. The Morgan fingerprint density at radius 3 is 2.06 bits per heavy atom. The number of hydrogen-bond donors (Lipinski definition) is 3. The van der Waals surface area contributed by atoms with Gasteiger partial charge in [-0.25, -0.2) is 0 Å². The fourth-order valence-electron chi connectivity index (χ4n) is 5.24. The number of H-pyrrole nitrogens is 1. The van der Waals surface area contributed by atoms with Gasteiger partial charge in [-0.05, 0) is 19.1 Å². The number of halogens is 1. The molecule has 4 aromatic rings. The van der Waals surface area contributed by atoms with Crippen LogP contribution in [0.2, 0.25) is 5.02 Å². The molecule has 3 N–H and O–H groups in total. The Morgan fingerprint density at radius 1 is 0.848 bits per heavy atom. The third-order valence-corrected chi connectivity index (χ3v) is 7.31. The SMILES string of the molecule is Cc1[nH]c2c(Cl)cccc2c(=O)c1C[NH+]1CC[NH+](C(c2ccccc2)c2ccccc2)CC1. The van der Waals surface area contributed by atoms with Gasteiger partial charge in [-0.3, -0.25) is 4.79 Å². The molecule has 4 nitrogen and oxygen atoms in total. The standard InChI is InChI=1S/C28H28ClN3O/c1-20-24(28(33)23-13-8-14-25(29)26(23)30-20)19-31-15-17-32(18-16-31)27(21-9-4-2-5-10-21)22-11-6-3-7-12-22/h2-14,27H,15-19H2,1H3,(H,30,33)/p+2. The second-order valence-electron chi connectivity index (χ2n) is 9.06. The van der Waals surface area contributed by atoms with E-state index < -0.39 is 0 Å². The van der Waals surface area contributed by atoms with E-state index in [1.165, 1.54) is 16.0 Å². The van der Waals surface area contributed by atoms with Crippen LogP contribution in [-0.2, 0) is 6.54 Å². The molecule has 0 saturated carbocycles. The van der Waals surface area contributed by atoms with Crippen LogP contribution in [0.15, 0.2) is 83.7 Å². The molecule has 0 bridgehead atoms. The summed E-state index contributed by atoms with van der Waals surface area (Å²) >= 11 is 6.31. The van der Waals surface area contributed by atoms with Crippen molar-refractivity contribution < 1.29 is 9.80 Å². The van der Waals surface area contributed by atoms with Crippen LogP contribution in [0.25, 0.3) is 10.9 Å². The summed E-state index contributed by atoms with van der Waals surface area (Å²) < 4.78 is 0. The first-order valence-electron chi connectivity index (χ1n) is 11.7. The number of pyridine rings is 1. The minimum absolute atomic E-state index is 0.109. The van der Waals surface area contributed by atoms with E-state index in [-0.39, 0.29) is 5.43 Å². The molecule has 1 aliphatic heterocycles. The number of quaternary nitrogens is 2. The van der Waals surface area contributed by atoms with Gasteiger partial charge in [0.25, 0.3) is 0 Å². The van der Waals surface area contributed by atoms with Crippen LogP contribution in [0.5, 0.6) is 0 Å². The third-order valence-electron chi connectivity index (χ3n) is 7.00. The fourth-order valence-corrected chi connectivity index (χ4v) is 5.47. The summed E-state index contributed by atoms with van der Waals surface area (Å²) in [7, 11) is 0. The van der Waals surface area contributed by atoms with Crippen molar-refractivity contribution in [3.05, 3.63) is 116 Å². The van der Waals surface area contributed by atoms with Gasteiger partial charge in [0.1, 0.15) is 38.8 Å². The van der Waals surface area contributed by atoms with Crippen molar-refractivity contribution in [1.29, 1.82) is 0 Å². The van der Waals surface area contributed by atoms with Gasteiger partial charge in [0.05, 0.1) is 16.1 Å². The summed E-state index contributed by atoms with van der Waals surface area (Å²) in [5.41, 5.74) is 5.38. The smallest absolute Gasteiger partial charge is 0.198 e. The average molecular weight is 460 g/mol. The predicted octanol–water partition coefficient (Wildman–Crippen LogP) is 2.56. The van der Waals surface area contributed by atoms with Crippen LogP contribution < -0.4 is 15.2 Å². The zero-order valence-corrected chi connectivity index (χ0v) is 19.7. The second-order valence-corrected chi connectivity index (χ2v) is 9.47. The Hall–Kier alpha value is -2.92. The van der Waals surface area contributed by atoms with E-state index in [0.717, 1.165) is 49.5 Å². The van der Waals surface area contributed by atoms with E-state index in [9.17, 15) is 4.79 Å². The van der Waals surface area contributed by atoms with Crippen molar-refractivity contribution in [3.8, 4) is 0 Å². The summed E-state index contributed by atoms with van der Waals surface area (Å²) in [5.74, 6) is 0. The van der Waals surface area contributed by atoms with Crippen LogP contribution in [0.1, 0.15) is 28.4 Å². The minimum Gasteiger partial charge on any atom is -0.357 e. The van der Waals surface area contributed by atoms with Gasteiger partial charge >= 0.3 is 0 Å². The van der Waals surface area contributed by atoms with Gasteiger partial charge in [-0.1, -0.05) is 78.3 Å². The Balaban J connectivity index is 1.35. The van der Waals surface area contributed by atoms with Gasteiger partial charge in [-0.2, -0.15) is 0 Å². The Morgan fingerprint density at radius 2 is 1.45 bits per heavy atom. The molecule has 5 heteroatoms. The van der Waals surface area contributed by atoms with Gasteiger partial charge in [0, 0.05) is 22.2 Å². The number of para-hydroxylation sites is 1. The molecule has 0 spiro atoms. The minimum atomic E-state index is 0.109. The molecule has 168 valence electrons. The number of piperazine rings is 1. The topological polar surface area (TPSA) is 41.7 Å². The normalized spacial score (nSPS) is 18.6. The summed E-state index contributed by atoms with van der Waals surface area (Å²) in [6.45, 7) is 6.95. The van der Waals surface area contributed by atoms with Crippen molar-refractivity contribution >= 4 is 22.5 Å². The van der Waals surface area contributed by atoms with Gasteiger partial charge in [0.15, 0.2) is 5.43 Å². The first-order valence-corrected chi connectivity index (χ1v) is 12.1. The first kappa shape index (κ1) is 21.9. The molecule has 5 rings (SSSR count). The molecule has 2 heterocycles. The van der Waals surface area contributed by atoms with Gasteiger partial charge in [-0.15, -0.1) is 0 Å². The molecule has 1 aromatic heterocycles. The van der Waals surface area contributed by atoms with E-state index in [0.29, 0.717) is 16.5 Å². The van der Waals surface area contributed by atoms with Crippen molar-refractivity contribution in [2.75, 3.05) is 26.2 Å². The molecule has 1 fully saturated rings. The van der Waals surface area contributed by atoms with Crippen LogP contribution in [0.4, 0.5) is 0 Å². The molecule has 33 heavy (non-hydrogen) atoms. The monoisotopic (exact) mass is 459 g/mol. The molecule has 1 saturated heterocycles. The zero-order chi connectivity index (χ0) is 22.8. The van der Waals surface area contributed by atoms with E-state index in [4.69, 9.17) is 11.6 Å². The number of rotatable bonds is 5. The maximum Gasteiger partial charge on any atom is 0.198 e. The third kappa shape index (κ3) is 4.47. The van der Waals surface area contributed by atoms with Gasteiger partial charge in [0.2, 0.25) is 0 Å². The van der Waals surface area contributed by atoms with Crippen LogP contribution >= 0.6 is 11.6 Å². The highest BCUT2D eigenvalue weighted by atomic mass is 35.5. The number of aromatic nitrogens is 1. The largest absolute Gasteiger partial charge is 0.357 e. The van der Waals surface area contributed by atoms with E-state index in [1.807, 2.05) is 25.1 Å². The number of aryl methyl sites for hydroxylation is 1. The molecule has 0 aliphatic carbocycles. The Kier molecular flexibility index (Phi) is 6.32. The molecule has 0 atom stereocenters. The molecule has 3 aromatic carbocycles. The summed E-state index contributed by atoms with van der Waals surface area (Å²) in [4.78, 5) is 19.7. The molecular weight excluding hydrogens is 430 g/mol. The van der Waals surface area contributed by atoms with Crippen LogP contribution in [0, 0.1) is 6.92 Å². The van der Waals surface area contributed by atoms with Crippen molar-refractivity contribution in [1.82, 2.24) is 4.98 Å². The highest BCUT2D eigenvalue weighted by Gasteiger charge is 2.32. The maximum absolute atomic E-state index is 13.2. The zero-order valence-electron chi connectivity index (χ0n) is 18.9. The summed E-state index contributed by atoms with van der Waals surface area (Å²) in [5, 5.41) is 1.27. The van der Waals surface area contributed by atoms with Gasteiger partial charge < -0.3 is 14.8 Å². The van der Waals surface area contributed by atoms with Crippen LogP contribution in [0.3, 0.4) is 0 Å². The van der Waals surface area contributed by atoms with Crippen molar-refractivity contribution in [2.24, 2.45) is 0 Å². The quantitative estimate of drug-likeness (QED) is 0.422. The first-order chi connectivity index (χ1) is 16.1. The van der Waals surface area contributed by atoms with Crippen molar-refractivity contribution in [3.63, 3.8) is 0 Å². The van der Waals surface area contributed by atoms with Crippen molar-refractivity contribution in [2.45, 2.75) is 19.5 Å². The number of hydrogen-bond acceptors (Lipinski definition) is 1. The molecule has 0 radical (unpaired) electrons. The Labute approximate surface area is 199 Å². The number of benzene rings is 3. The molecular formula is C28H30ClN3O+2. The highest BCUT2D eigenvalue weighted by molar-refractivity contribution is 6.35. The molecule has 0 unspecified atom stereocenters. The van der Waals surface area contributed by atoms with E-state index >= 15 is 0 Å². The summed E-state index contributed by atoms with van der Waals surface area (Å²) in [6, 6.07) is 27.5. The lowest BCUT2D eigenvalue weighted by atomic mass is 9.96. The lowest BCUT2D eigenvalue weighted by Gasteiger charge is -2.35. The molecule has 1 aliphatic rings. The fraction of sp³-hybridized carbons (Fsp3) is 0.250. The second kappa shape index (κ2) is 9.52. The Bertz CT molecular complexity index is 1260. The van der Waals surface area contributed by atoms with Crippen LogP contribution in [-0.4, -0.2) is 31.2 Å². The summed E-state index contributed by atoms with van der Waals surface area (Å²) in [6.07, 6.45) is 0. The van der Waals surface area contributed by atoms with E-state index in [2.05, 4.69) is 65.6 Å². The number of nitrogens with one attached hydrogen (secondary N) is 3. The maximum atomic E-state index is 13.2. The van der Waals surface area contributed by atoms with E-state index in [1.54, 1.807) is 4.90 Å². The average Bonchev–Trinajstić information content (AvgIpc) is 2.85. The lowest BCUT2D eigenvalue weighted by Crippen LogP contribution is -3.27. The number of aromatic amines is 1. The lowest BCUT2D eigenvalue weighted by molar-refractivity contribution is -1.03. The number of fused-ring (bicyclic) bond motifs is 1. The highest BCUT2D eigenvalue weighted by Crippen LogP contribution is 2.21. The predicted molar refractivity (Wildman–Crippen MR) is 134 cm³/mol.